The molecule has 0 bridgehead atoms. The van der Waals surface area contributed by atoms with E-state index in [9.17, 15) is 22.3 Å². The predicted molar refractivity (Wildman–Crippen MR) is 119 cm³/mol. The van der Waals surface area contributed by atoms with Crippen LogP contribution in [-0.2, 0) is 23.4 Å². The molecule has 0 N–H and O–H groups in total. The van der Waals surface area contributed by atoms with Crippen LogP contribution in [0.5, 0.6) is 5.75 Å². The minimum atomic E-state index is -2.22. The molecule has 0 spiro atoms. The van der Waals surface area contributed by atoms with E-state index in [1.54, 1.807) is 24.3 Å². The maximum Gasteiger partial charge on any atom is 0.278 e. The minimum absolute atomic E-state index is 0.120. The number of hydrogen-bond acceptors (Lipinski definition) is 5. The van der Waals surface area contributed by atoms with E-state index in [2.05, 4.69) is 5.10 Å². The summed E-state index contributed by atoms with van der Waals surface area (Å²) in [6.07, 6.45) is 1.49. The SMILES string of the molecule is O=c1c(COc2ccc(F)cc2)c(-c2ccc(CS(=O)[O-])cc2)cnn1-c1ccc(F)cc1. The normalized spacial score (nSPS) is 11.8. The monoisotopic (exact) mass is 467 g/mol. The lowest BCUT2D eigenvalue weighted by Gasteiger charge is -2.14. The Morgan fingerprint density at radius 1 is 0.909 bits per heavy atom. The van der Waals surface area contributed by atoms with E-state index in [4.69, 9.17) is 4.74 Å². The summed E-state index contributed by atoms with van der Waals surface area (Å²) in [5.74, 6) is -0.599. The highest BCUT2D eigenvalue weighted by Gasteiger charge is 2.15. The van der Waals surface area contributed by atoms with Crippen molar-refractivity contribution in [3.8, 4) is 22.6 Å². The summed E-state index contributed by atoms with van der Waals surface area (Å²) < 4.78 is 55.3. The van der Waals surface area contributed by atoms with Crippen LogP contribution in [0.4, 0.5) is 8.78 Å². The molecule has 1 aromatic heterocycles. The third kappa shape index (κ3) is 5.39. The van der Waals surface area contributed by atoms with E-state index >= 15 is 0 Å². The Morgan fingerprint density at radius 3 is 2.12 bits per heavy atom. The lowest BCUT2D eigenvalue weighted by Crippen LogP contribution is -2.26. The van der Waals surface area contributed by atoms with Crippen molar-refractivity contribution in [2.75, 3.05) is 0 Å². The largest absolute Gasteiger partial charge is 0.772 e. The molecule has 0 fully saturated rings. The molecule has 0 aliphatic rings. The number of hydrogen-bond donors (Lipinski definition) is 0. The quantitative estimate of drug-likeness (QED) is 0.382. The lowest BCUT2D eigenvalue weighted by molar-refractivity contribution is 0.303. The van der Waals surface area contributed by atoms with Crippen molar-refractivity contribution in [3.63, 3.8) is 0 Å². The number of ether oxygens (including phenoxy) is 1. The van der Waals surface area contributed by atoms with E-state index in [-0.39, 0.29) is 17.9 Å². The Kier molecular flexibility index (Phi) is 6.71. The second kappa shape index (κ2) is 9.85. The molecule has 0 amide bonds. The maximum absolute atomic E-state index is 13.3. The van der Waals surface area contributed by atoms with Crippen LogP contribution in [0.1, 0.15) is 11.1 Å². The summed E-state index contributed by atoms with van der Waals surface area (Å²) in [5, 5.41) is 4.23. The van der Waals surface area contributed by atoms with Gasteiger partial charge in [-0.25, -0.2) is 8.78 Å². The molecule has 1 atom stereocenters. The molecule has 33 heavy (non-hydrogen) atoms. The third-order valence-corrected chi connectivity index (χ3v) is 5.46. The average Bonchev–Trinajstić information content (AvgIpc) is 2.80. The molecule has 0 aliphatic heterocycles. The van der Waals surface area contributed by atoms with Gasteiger partial charge in [-0.15, -0.1) is 0 Å². The predicted octanol–water partition coefficient (Wildman–Crippen LogP) is 4.14. The van der Waals surface area contributed by atoms with Crippen LogP contribution >= 0.6 is 0 Å². The van der Waals surface area contributed by atoms with Gasteiger partial charge in [-0.05, 0) is 59.7 Å². The minimum Gasteiger partial charge on any atom is -0.772 e. The number of nitrogens with zero attached hydrogens (tertiary/aromatic N) is 2. The summed E-state index contributed by atoms with van der Waals surface area (Å²) in [5.41, 5.74) is 1.93. The van der Waals surface area contributed by atoms with Crippen molar-refractivity contribution in [1.82, 2.24) is 9.78 Å². The van der Waals surface area contributed by atoms with Crippen LogP contribution in [0, 0.1) is 11.6 Å². The summed E-state index contributed by atoms with van der Waals surface area (Å²) >= 11 is -2.22. The van der Waals surface area contributed by atoms with Crippen LogP contribution in [0.15, 0.2) is 83.8 Å². The highest BCUT2D eigenvalue weighted by atomic mass is 32.2. The average molecular weight is 467 g/mol. The van der Waals surface area contributed by atoms with Gasteiger partial charge in [-0.1, -0.05) is 35.3 Å². The van der Waals surface area contributed by atoms with Crippen molar-refractivity contribution >= 4 is 11.1 Å². The Hall–Kier alpha value is -3.69. The Labute approximate surface area is 190 Å². The summed E-state index contributed by atoms with van der Waals surface area (Å²) in [7, 11) is 0. The van der Waals surface area contributed by atoms with Crippen molar-refractivity contribution in [1.29, 1.82) is 0 Å². The van der Waals surface area contributed by atoms with Gasteiger partial charge in [0, 0.05) is 11.3 Å². The first kappa shape index (κ1) is 22.5. The summed E-state index contributed by atoms with van der Waals surface area (Å²) in [6, 6.07) is 17.4. The summed E-state index contributed by atoms with van der Waals surface area (Å²) in [4.78, 5) is 13.3. The molecule has 9 heteroatoms. The topological polar surface area (TPSA) is 84.2 Å². The molecule has 168 valence electrons. The third-order valence-electron chi connectivity index (χ3n) is 4.90. The zero-order chi connectivity index (χ0) is 23.4. The van der Waals surface area contributed by atoms with Gasteiger partial charge in [0.15, 0.2) is 0 Å². The molecule has 1 unspecified atom stereocenters. The highest BCUT2D eigenvalue weighted by Crippen LogP contribution is 2.24. The fourth-order valence-corrected chi connectivity index (χ4v) is 3.71. The summed E-state index contributed by atoms with van der Waals surface area (Å²) in [6.45, 7) is -0.129. The van der Waals surface area contributed by atoms with Gasteiger partial charge in [-0.2, -0.15) is 9.78 Å². The van der Waals surface area contributed by atoms with Gasteiger partial charge in [0.1, 0.15) is 24.0 Å². The number of benzene rings is 3. The van der Waals surface area contributed by atoms with Gasteiger partial charge >= 0.3 is 0 Å². The first-order chi connectivity index (χ1) is 15.9. The first-order valence-corrected chi connectivity index (χ1v) is 11.1. The number of rotatable bonds is 7. The standard InChI is InChI=1S/C24H18F2N2O4S/c25-18-5-9-20(10-6-18)28-24(29)23(14-32-21-11-7-19(26)8-12-21)22(13-27-28)17-3-1-16(2-4-17)15-33(30)31/h1-13H,14-15H2,(H,30,31)/p-1. The van der Waals surface area contributed by atoms with E-state index in [1.165, 1.54) is 54.7 Å². The Bertz CT molecular complexity index is 1340. The van der Waals surface area contributed by atoms with Gasteiger partial charge in [-0.3, -0.25) is 9.00 Å². The molecule has 3 aromatic carbocycles. The van der Waals surface area contributed by atoms with Crippen LogP contribution in [0.3, 0.4) is 0 Å². The molecular formula is C24H17F2N2O4S-. The van der Waals surface area contributed by atoms with Gasteiger partial charge in [0.05, 0.1) is 17.4 Å². The molecule has 4 rings (SSSR count). The molecule has 1 heterocycles. The number of aromatic nitrogens is 2. The fraction of sp³-hybridized carbons (Fsp3) is 0.0833. The zero-order valence-electron chi connectivity index (χ0n) is 17.1. The number of halogens is 2. The van der Waals surface area contributed by atoms with E-state index in [0.29, 0.717) is 28.1 Å². The van der Waals surface area contributed by atoms with Crippen molar-refractivity contribution in [2.24, 2.45) is 0 Å². The molecule has 0 aliphatic carbocycles. The van der Waals surface area contributed by atoms with Crippen molar-refractivity contribution in [3.05, 3.63) is 112 Å². The molecule has 0 saturated heterocycles. The molecule has 0 saturated carbocycles. The van der Waals surface area contributed by atoms with Gasteiger partial charge in [0.25, 0.3) is 5.56 Å². The second-order valence-corrected chi connectivity index (χ2v) is 8.01. The lowest BCUT2D eigenvalue weighted by atomic mass is 10.0. The smallest absolute Gasteiger partial charge is 0.278 e. The maximum atomic E-state index is 13.3. The van der Waals surface area contributed by atoms with Crippen LogP contribution in [0.25, 0.3) is 16.8 Å². The van der Waals surface area contributed by atoms with Crippen LogP contribution in [0.2, 0.25) is 0 Å². The van der Waals surface area contributed by atoms with Crippen molar-refractivity contribution < 1.29 is 22.3 Å². The van der Waals surface area contributed by atoms with Gasteiger partial charge < -0.3 is 9.29 Å². The zero-order valence-corrected chi connectivity index (χ0v) is 17.9. The second-order valence-electron chi connectivity index (χ2n) is 7.12. The van der Waals surface area contributed by atoms with Gasteiger partial charge in [0.2, 0.25) is 0 Å². The first-order valence-electron chi connectivity index (χ1n) is 9.81. The Balaban J connectivity index is 1.75. The molecule has 0 radical (unpaired) electrons. The van der Waals surface area contributed by atoms with E-state index in [0.717, 1.165) is 4.68 Å². The van der Waals surface area contributed by atoms with Crippen LogP contribution < -0.4 is 10.3 Å². The van der Waals surface area contributed by atoms with E-state index < -0.39 is 28.3 Å². The van der Waals surface area contributed by atoms with Crippen molar-refractivity contribution in [2.45, 2.75) is 12.4 Å². The molecular weight excluding hydrogens is 450 g/mol. The van der Waals surface area contributed by atoms with E-state index in [1.807, 2.05) is 0 Å². The fourth-order valence-electron chi connectivity index (χ4n) is 3.25. The highest BCUT2D eigenvalue weighted by molar-refractivity contribution is 7.78. The molecule has 6 nitrogen and oxygen atoms in total. The molecule has 4 aromatic rings. The van der Waals surface area contributed by atoms with Crippen LogP contribution in [-0.4, -0.2) is 18.5 Å². The Morgan fingerprint density at radius 2 is 1.52 bits per heavy atom.